The summed E-state index contributed by atoms with van der Waals surface area (Å²) < 4.78 is 5.23. The van der Waals surface area contributed by atoms with E-state index >= 15 is 0 Å². The molecule has 0 atom stereocenters. The number of nitrogens with one attached hydrogen (secondary N) is 1. The van der Waals surface area contributed by atoms with Crippen LogP contribution in [0, 0.1) is 0 Å². The highest BCUT2D eigenvalue weighted by atomic mass is 16.5. The van der Waals surface area contributed by atoms with Gasteiger partial charge in [0, 0.05) is 12.7 Å². The Kier molecular flexibility index (Phi) is 3.49. The Hall–Kier alpha value is -2.17. The quantitative estimate of drug-likeness (QED) is 0.870. The molecule has 0 amide bonds. The zero-order valence-electron chi connectivity index (χ0n) is 9.84. The SMILES string of the molecule is CCNc1ccc(-c2ncccc2OC)nn1. The van der Waals surface area contributed by atoms with Gasteiger partial charge in [-0.2, -0.15) is 0 Å². The van der Waals surface area contributed by atoms with Crippen LogP contribution in [0.4, 0.5) is 5.82 Å². The molecule has 0 fully saturated rings. The number of aromatic nitrogens is 3. The number of rotatable bonds is 4. The molecule has 0 bridgehead atoms. The molecule has 0 saturated carbocycles. The molecule has 0 radical (unpaired) electrons. The lowest BCUT2D eigenvalue weighted by Gasteiger charge is -2.06. The Morgan fingerprint density at radius 2 is 2.12 bits per heavy atom. The molecular formula is C12H14N4O. The van der Waals surface area contributed by atoms with Crippen LogP contribution in [0.15, 0.2) is 30.5 Å². The topological polar surface area (TPSA) is 59.9 Å². The second kappa shape index (κ2) is 5.25. The molecular weight excluding hydrogens is 216 g/mol. The predicted molar refractivity (Wildman–Crippen MR) is 66.0 cm³/mol. The molecule has 0 spiro atoms. The van der Waals surface area contributed by atoms with Crippen molar-refractivity contribution in [1.82, 2.24) is 15.2 Å². The molecule has 17 heavy (non-hydrogen) atoms. The minimum absolute atomic E-state index is 0.693. The molecule has 2 heterocycles. The third kappa shape index (κ3) is 2.50. The molecule has 0 unspecified atom stereocenters. The molecule has 2 aromatic rings. The van der Waals surface area contributed by atoms with Crippen molar-refractivity contribution >= 4 is 5.82 Å². The first-order valence-corrected chi connectivity index (χ1v) is 5.42. The summed E-state index contributed by atoms with van der Waals surface area (Å²) >= 11 is 0. The summed E-state index contributed by atoms with van der Waals surface area (Å²) in [6.07, 6.45) is 1.71. The van der Waals surface area contributed by atoms with Crippen LogP contribution >= 0.6 is 0 Å². The highest BCUT2D eigenvalue weighted by molar-refractivity contribution is 5.62. The molecule has 1 N–H and O–H groups in total. The monoisotopic (exact) mass is 230 g/mol. The Morgan fingerprint density at radius 1 is 1.24 bits per heavy atom. The number of methoxy groups -OCH3 is 1. The van der Waals surface area contributed by atoms with E-state index in [1.54, 1.807) is 13.3 Å². The van der Waals surface area contributed by atoms with Gasteiger partial charge >= 0.3 is 0 Å². The average molecular weight is 230 g/mol. The summed E-state index contributed by atoms with van der Waals surface area (Å²) in [5, 5.41) is 11.3. The smallest absolute Gasteiger partial charge is 0.148 e. The van der Waals surface area contributed by atoms with Gasteiger partial charge in [0.05, 0.1) is 7.11 Å². The molecule has 0 aliphatic carbocycles. The highest BCUT2D eigenvalue weighted by Gasteiger charge is 2.08. The Morgan fingerprint density at radius 3 is 2.76 bits per heavy atom. The summed E-state index contributed by atoms with van der Waals surface area (Å²) in [6.45, 7) is 2.83. The van der Waals surface area contributed by atoms with Crippen LogP contribution in [-0.2, 0) is 0 Å². The molecule has 5 heteroatoms. The molecule has 0 aromatic carbocycles. The minimum Gasteiger partial charge on any atom is -0.494 e. The van der Waals surface area contributed by atoms with E-state index < -0.39 is 0 Å². The third-order valence-corrected chi connectivity index (χ3v) is 2.26. The molecule has 2 rings (SSSR count). The molecule has 5 nitrogen and oxygen atoms in total. The lowest BCUT2D eigenvalue weighted by molar-refractivity contribution is 0.414. The second-order valence-electron chi connectivity index (χ2n) is 3.39. The van der Waals surface area contributed by atoms with Gasteiger partial charge in [0.1, 0.15) is 23.0 Å². The zero-order valence-corrected chi connectivity index (χ0v) is 9.84. The summed E-state index contributed by atoms with van der Waals surface area (Å²) in [5.74, 6) is 1.45. The third-order valence-electron chi connectivity index (χ3n) is 2.26. The van der Waals surface area contributed by atoms with Crippen molar-refractivity contribution in [2.24, 2.45) is 0 Å². The molecule has 0 aliphatic heterocycles. The Bertz CT molecular complexity index is 484. The average Bonchev–Trinajstić information content (AvgIpc) is 2.40. The first kappa shape index (κ1) is 11.3. The van der Waals surface area contributed by atoms with Crippen molar-refractivity contribution in [3.8, 4) is 17.1 Å². The van der Waals surface area contributed by atoms with Gasteiger partial charge in [0.25, 0.3) is 0 Å². The maximum absolute atomic E-state index is 5.23. The van der Waals surface area contributed by atoms with Crippen LogP contribution in [0.25, 0.3) is 11.4 Å². The fourth-order valence-corrected chi connectivity index (χ4v) is 1.48. The van der Waals surface area contributed by atoms with Crippen molar-refractivity contribution < 1.29 is 4.74 Å². The Balaban J connectivity index is 2.33. The van der Waals surface area contributed by atoms with E-state index in [-0.39, 0.29) is 0 Å². The van der Waals surface area contributed by atoms with E-state index in [4.69, 9.17) is 4.74 Å². The number of hydrogen-bond acceptors (Lipinski definition) is 5. The second-order valence-corrected chi connectivity index (χ2v) is 3.39. The van der Waals surface area contributed by atoms with Crippen LogP contribution in [0.1, 0.15) is 6.92 Å². The van der Waals surface area contributed by atoms with Gasteiger partial charge in [-0.05, 0) is 31.2 Å². The predicted octanol–water partition coefficient (Wildman–Crippen LogP) is 1.98. The van der Waals surface area contributed by atoms with Crippen LogP contribution in [0.5, 0.6) is 5.75 Å². The molecule has 0 saturated heterocycles. The first-order valence-electron chi connectivity index (χ1n) is 5.42. The van der Waals surface area contributed by atoms with Crippen molar-refractivity contribution in [2.45, 2.75) is 6.92 Å². The fourth-order valence-electron chi connectivity index (χ4n) is 1.48. The van der Waals surface area contributed by atoms with Gasteiger partial charge < -0.3 is 10.1 Å². The fraction of sp³-hybridized carbons (Fsp3) is 0.250. The largest absolute Gasteiger partial charge is 0.494 e. The summed E-state index contributed by atoms with van der Waals surface area (Å²) in [6, 6.07) is 7.42. The van der Waals surface area contributed by atoms with Crippen molar-refractivity contribution in [3.63, 3.8) is 0 Å². The number of anilines is 1. The maximum atomic E-state index is 5.23. The zero-order chi connectivity index (χ0) is 12.1. The maximum Gasteiger partial charge on any atom is 0.148 e. The number of pyridine rings is 1. The van der Waals surface area contributed by atoms with Crippen molar-refractivity contribution in [1.29, 1.82) is 0 Å². The van der Waals surface area contributed by atoms with Gasteiger partial charge in [-0.3, -0.25) is 4.98 Å². The van der Waals surface area contributed by atoms with E-state index in [0.717, 1.165) is 12.4 Å². The van der Waals surface area contributed by atoms with Crippen LogP contribution in [-0.4, -0.2) is 28.8 Å². The van der Waals surface area contributed by atoms with E-state index in [9.17, 15) is 0 Å². The van der Waals surface area contributed by atoms with E-state index in [1.165, 1.54) is 0 Å². The number of hydrogen-bond donors (Lipinski definition) is 1. The lowest BCUT2D eigenvalue weighted by Crippen LogP contribution is -2.01. The van der Waals surface area contributed by atoms with Crippen LogP contribution in [0.2, 0.25) is 0 Å². The van der Waals surface area contributed by atoms with E-state index in [0.29, 0.717) is 17.1 Å². The standard InChI is InChI=1S/C12H14N4O/c1-3-13-11-7-6-9(15-16-11)12-10(17-2)5-4-8-14-12/h4-8H,3H2,1-2H3,(H,13,16). The minimum atomic E-state index is 0.693. The summed E-state index contributed by atoms with van der Waals surface area (Å²) in [7, 11) is 1.61. The van der Waals surface area contributed by atoms with Gasteiger partial charge in [-0.25, -0.2) is 0 Å². The Labute approximate surface area is 99.9 Å². The molecule has 88 valence electrons. The summed E-state index contributed by atoms with van der Waals surface area (Å²) in [4.78, 5) is 4.25. The summed E-state index contributed by atoms with van der Waals surface area (Å²) in [5.41, 5.74) is 1.40. The highest BCUT2D eigenvalue weighted by Crippen LogP contribution is 2.25. The molecule has 0 aliphatic rings. The number of ether oxygens (including phenoxy) is 1. The van der Waals surface area contributed by atoms with Crippen LogP contribution in [0.3, 0.4) is 0 Å². The van der Waals surface area contributed by atoms with Gasteiger partial charge in [0.2, 0.25) is 0 Å². The van der Waals surface area contributed by atoms with Gasteiger partial charge in [0.15, 0.2) is 0 Å². The van der Waals surface area contributed by atoms with E-state index in [1.807, 2.05) is 31.2 Å². The normalized spacial score (nSPS) is 10.0. The molecule has 2 aromatic heterocycles. The lowest BCUT2D eigenvalue weighted by atomic mass is 10.2. The van der Waals surface area contributed by atoms with Gasteiger partial charge in [-0.1, -0.05) is 0 Å². The van der Waals surface area contributed by atoms with Crippen LogP contribution < -0.4 is 10.1 Å². The van der Waals surface area contributed by atoms with Crippen molar-refractivity contribution in [3.05, 3.63) is 30.5 Å². The van der Waals surface area contributed by atoms with Gasteiger partial charge in [-0.15, -0.1) is 10.2 Å². The number of nitrogens with zero attached hydrogens (tertiary/aromatic N) is 3. The first-order chi connectivity index (χ1) is 8.35. The van der Waals surface area contributed by atoms with E-state index in [2.05, 4.69) is 20.5 Å². The van der Waals surface area contributed by atoms with Crippen molar-refractivity contribution in [2.75, 3.05) is 19.0 Å².